The number of hydrogen-bond donors (Lipinski definition) is 0. The van der Waals surface area contributed by atoms with Crippen molar-refractivity contribution >= 4 is 5.78 Å². The van der Waals surface area contributed by atoms with E-state index in [1.807, 2.05) is 30.3 Å². The van der Waals surface area contributed by atoms with E-state index >= 15 is 0 Å². The molecule has 0 bridgehead atoms. The van der Waals surface area contributed by atoms with Crippen molar-refractivity contribution in [3.05, 3.63) is 35.9 Å². The maximum absolute atomic E-state index is 11.8. The van der Waals surface area contributed by atoms with Crippen LogP contribution in [0, 0.1) is 0 Å². The summed E-state index contributed by atoms with van der Waals surface area (Å²) < 4.78 is 20.9. The van der Waals surface area contributed by atoms with Gasteiger partial charge in [0, 0.05) is 20.6 Å². The van der Waals surface area contributed by atoms with Crippen LogP contribution in [0.3, 0.4) is 0 Å². The molecule has 0 amide bonds. The van der Waals surface area contributed by atoms with Crippen LogP contribution in [0.5, 0.6) is 0 Å². The highest BCUT2D eigenvalue weighted by Crippen LogP contribution is 2.28. The first-order valence-corrected chi connectivity index (χ1v) is 6.60. The first-order valence-electron chi connectivity index (χ1n) is 6.60. The number of benzene rings is 1. The SMILES string of the molecule is COC(C[C@H]1O[C@@H]1C(=O)COCc1ccccc1)OC. The molecular weight excluding hydrogens is 260 g/mol. The lowest BCUT2D eigenvalue weighted by molar-refractivity contribution is -0.125. The number of Topliss-reactive ketones (excluding diaryl/α,β-unsaturated/α-hetero) is 1. The molecule has 0 saturated carbocycles. The minimum absolute atomic E-state index is 0.0307. The van der Waals surface area contributed by atoms with E-state index in [1.54, 1.807) is 14.2 Å². The number of ether oxygens (including phenoxy) is 4. The average Bonchev–Trinajstić information content (AvgIpc) is 3.25. The molecule has 0 aliphatic carbocycles. The second-order valence-corrected chi connectivity index (χ2v) is 4.68. The van der Waals surface area contributed by atoms with Gasteiger partial charge in [0.2, 0.25) is 0 Å². The molecule has 5 nitrogen and oxygen atoms in total. The quantitative estimate of drug-likeness (QED) is 0.507. The van der Waals surface area contributed by atoms with Crippen LogP contribution in [0.4, 0.5) is 0 Å². The zero-order valence-corrected chi connectivity index (χ0v) is 11.8. The van der Waals surface area contributed by atoms with Gasteiger partial charge in [-0.15, -0.1) is 0 Å². The van der Waals surface area contributed by atoms with Crippen molar-refractivity contribution in [1.82, 2.24) is 0 Å². The first kappa shape index (κ1) is 15.1. The number of carbonyl (C=O) groups is 1. The Morgan fingerprint density at radius 1 is 1.25 bits per heavy atom. The molecule has 1 heterocycles. The zero-order valence-electron chi connectivity index (χ0n) is 11.8. The second kappa shape index (κ2) is 7.50. The van der Waals surface area contributed by atoms with Gasteiger partial charge in [0.05, 0.1) is 12.7 Å². The van der Waals surface area contributed by atoms with Gasteiger partial charge >= 0.3 is 0 Å². The molecule has 1 aliphatic rings. The van der Waals surface area contributed by atoms with Crippen LogP contribution in [0.2, 0.25) is 0 Å². The van der Waals surface area contributed by atoms with Gasteiger partial charge in [-0.1, -0.05) is 30.3 Å². The molecule has 110 valence electrons. The lowest BCUT2D eigenvalue weighted by Gasteiger charge is -2.10. The van der Waals surface area contributed by atoms with Crippen molar-refractivity contribution in [2.45, 2.75) is 31.5 Å². The predicted molar refractivity (Wildman–Crippen MR) is 72.2 cm³/mol. The summed E-state index contributed by atoms with van der Waals surface area (Å²) >= 11 is 0. The molecule has 1 aromatic rings. The third-order valence-corrected chi connectivity index (χ3v) is 3.21. The van der Waals surface area contributed by atoms with E-state index in [1.165, 1.54) is 0 Å². The zero-order chi connectivity index (χ0) is 14.4. The smallest absolute Gasteiger partial charge is 0.189 e. The van der Waals surface area contributed by atoms with Gasteiger partial charge in [-0.25, -0.2) is 0 Å². The van der Waals surface area contributed by atoms with Gasteiger partial charge in [-0.2, -0.15) is 0 Å². The highest BCUT2D eigenvalue weighted by molar-refractivity contribution is 5.87. The van der Waals surface area contributed by atoms with Crippen LogP contribution >= 0.6 is 0 Å². The summed E-state index contributed by atoms with van der Waals surface area (Å²) in [6.07, 6.45) is -0.267. The van der Waals surface area contributed by atoms with Crippen LogP contribution in [0.15, 0.2) is 30.3 Å². The Morgan fingerprint density at radius 3 is 2.60 bits per heavy atom. The van der Waals surface area contributed by atoms with Gasteiger partial charge in [0.1, 0.15) is 12.7 Å². The lowest BCUT2D eigenvalue weighted by atomic mass is 10.2. The Bertz CT molecular complexity index is 416. The number of ketones is 1. The minimum atomic E-state index is -0.376. The van der Waals surface area contributed by atoms with E-state index in [4.69, 9.17) is 18.9 Å². The van der Waals surface area contributed by atoms with Gasteiger partial charge in [0.15, 0.2) is 12.1 Å². The number of epoxide rings is 1. The summed E-state index contributed by atoms with van der Waals surface area (Å²) in [5.74, 6) is -0.0307. The average molecular weight is 280 g/mol. The largest absolute Gasteiger partial charge is 0.369 e. The van der Waals surface area contributed by atoms with E-state index in [0.29, 0.717) is 13.0 Å². The van der Waals surface area contributed by atoms with Crippen LogP contribution < -0.4 is 0 Å². The summed E-state index contributed by atoms with van der Waals surface area (Å²) in [5, 5.41) is 0. The normalized spacial score (nSPS) is 21.1. The summed E-state index contributed by atoms with van der Waals surface area (Å²) in [4.78, 5) is 11.8. The first-order chi connectivity index (χ1) is 9.74. The maximum atomic E-state index is 11.8. The number of methoxy groups -OCH3 is 2. The fourth-order valence-electron chi connectivity index (χ4n) is 2.01. The molecule has 2 atom stereocenters. The van der Waals surface area contributed by atoms with E-state index in [0.717, 1.165) is 5.56 Å². The highest BCUT2D eigenvalue weighted by atomic mass is 16.7. The number of carbonyl (C=O) groups excluding carboxylic acids is 1. The predicted octanol–water partition coefficient (Wildman–Crippen LogP) is 1.55. The fraction of sp³-hybridized carbons (Fsp3) is 0.533. The standard InChI is InChI=1S/C15H20O5/c1-17-14(18-2)8-13-15(20-13)12(16)10-19-9-11-6-4-3-5-7-11/h3-7,13-15H,8-10H2,1-2H3/t13-,15-/m1/s1. The monoisotopic (exact) mass is 280 g/mol. The van der Waals surface area contributed by atoms with Crippen molar-refractivity contribution < 1.29 is 23.7 Å². The van der Waals surface area contributed by atoms with Crippen LogP contribution in [0.1, 0.15) is 12.0 Å². The van der Waals surface area contributed by atoms with Crippen molar-refractivity contribution in [3.8, 4) is 0 Å². The van der Waals surface area contributed by atoms with Crippen molar-refractivity contribution in [3.63, 3.8) is 0 Å². The third kappa shape index (κ3) is 4.38. The summed E-state index contributed by atoms with van der Waals surface area (Å²) in [7, 11) is 3.13. The number of hydrogen-bond acceptors (Lipinski definition) is 5. The number of rotatable bonds is 9. The Hall–Kier alpha value is -1.27. The maximum Gasteiger partial charge on any atom is 0.189 e. The van der Waals surface area contributed by atoms with E-state index in [-0.39, 0.29) is 30.9 Å². The molecule has 1 fully saturated rings. The summed E-state index contributed by atoms with van der Waals surface area (Å²) in [5.41, 5.74) is 1.05. The second-order valence-electron chi connectivity index (χ2n) is 4.68. The molecular formula is C15H20O5. The molecule has 20 heavy (non-hydrogen) atoms. The molecule has 0 spiro atoms. The molecule has 1 aliphatic heterocycles. The van der Waals surface area contributed by atoms with Crippen molar-refractivity contribution in [2.75, 3.05) is 20.8 Å². The third-order valence-electron chi connectivity index (χ3n) is 3.21. The highest BCUT2D eigenvalue weighted by Gasteiger charge is 2.45. The Balaban J connectivity index is 1.64. The molecule has 0 radical (unpaired) electrons. The van der Waals surface area contributed by atoms with E-state index < -0.39 is 0 Å². The van der Waals surface area contributed by atoms with Gasteiger partial charge in [-0.3, -0.25) is 4.79 Å². The molecule has 5 heteroatoms. The molecule has 0 aromatic heterocycles. The van der Waals surface area contributed by atoms with Crippen LogP contribution in [0.25, 0.3) is 0 Å². The molecule has 0 unspecified atom stereocenters. The van der Waals surface area contributed by atoms with Gasteiger partial charge in [-0.05, 0) is 5.56 Å². The lowest BCUT2D eigenvalue weighted by Crippen LogP contribution is -2.21. The molecule has 1 aromatic carbocycles. The topological polar surface area (TPSA) is 57.3 Å². The Morgan fingerprint density at radius 2 is 1.95 bits per heavy atom. The van der Waals surface area contributed by atoms with Crippen molar-refractivity contribution in [2.24, 2.45) is 0 Å². The van der Waals surface area contributed by atoms with Gasteiger partial charge < -0.3 is 18.9 Å². The minimum Gasteiger partial charge on any atom is -0.369 e. The molecule has 1 saturated heterocycles. The van der Waals surface area contributed by atoms with Crippen molar-refractivity contribution in [1.29, 1.82) is 0 Å². The Labute approximate surface area is 118 Å². The fourth-order valence-corrected chi connectivity index (χ4v) is 2.01. The summed E-state index contributed by atoms with van der Waals surface area (Å²) in [6, 6.07) is 9.75. The van der Waals surface area contributed by atoms with E-state index in [9.17, 15) is 4.79 Å². The van der Waals surface area contributed by atoms with Crippen LogP contribution in [-0.2, 0) is 30.3 Å². The van der Waals surface area contributed by atoms with Crippen LogP contribution in [-0.4, -0.2) is 45.1 Å². The van der Waals surface area contributed by atoms with E-state index in [2.05, 4.69) is 0 Å². The molecule has 0 N–H and O–H groups in total. The van der Waals surface area contributed by atoms with Gasteiger partial charge in [0.25, 0.3) is 0 Å². The Kier molecular flexibility index (Phi) is 5.67. The summed E-state index contributed by atoms with van der Waals surface area (Å²) in [6.45, 7) is 0.503. The molecule has 2 rings (SSSR count).